The molecule has 210 valence electrons. The molecular formula is C25H31ClN6O7. The Morgan fingerprint density at radius 3 is 2.87 bits per heavy atom. The van der Waals surface area contributed by atoms with Crippen molar-refractivity contribution in [3.8, 4) is 11.6 Å². The SMILES string of the molecule is CC(N)COc1cc2c(c(Cl)n1)CC(N(C)CCC1CN(c3ccc4c(n3)NC(=O)CO4)C(=O)O1)C2.O=CO. The van der Waals surface area contributed by atoms with E-state index in [0.29, 0.717) is 48.0 Å². The number of hydrogen-bond donors (Lipinski definition) is 3. The molecule has 2 amide bonds. The summed E-state index contributed by atoms with van der Waals surface area (Å²) in [5.41, 5.74) is 7.96. The smallest absolute Gasteiger partial charge is 0.415 e. The number of hydrogen-bond acceptors (Lipinski definition) is 10. The first-order chi connectivity index (χ1) is 18.7. The van der Waals surface area contributed by atoms with Gasteiger partial charge < -0.3 is 35.3 Å². The second-order valence-corrected chi connectivity index (χ2v) is 9.94. The summed E-state index contributed by atoms with van der Waals surface area (Å²) in [5, 5.41) is 10.0. The molecule has 3 unspecified atom stereocenters. The largest absolute Gasteiger partial charge is 0.483 e. The molecule has 5 rings (SSSR count). The van der Waals surface area contributed by atoms with Gasteiger partial charge in [0.1, 0.15) is 23.7 Å². The number of carboxylic acid groups (broad SMARTS) is 1. The van der Waals surface area contributed by atoms with Gasteiger partial charge >= 0.3 is 6.09 Å². The number of nitrogens with zero attached hydrogens (tertiary/aromatic N) is 4. The molecule has 1 fully saturated rings. The van der Waals surface area contributed by atoms with Crippen molar-refractivity contribution in [2.45, 2.75) is 44.4 Å². The molecule has 2 aliphatic heterocycles. The standard InChI is InChI=1S/C24H29ClN6O5.CH2O2/c1-13(26)11-35-21-8-14-7-15(9-17(14)22(25)29-21)30(2)6-5-16-10-31(24(33)36-16)19-4-3-18-23(27-19)28-20(32)12-34-18;2-1-3/h3-4,8,13,15-16H,5-7,9-12,26H2,1-2H3,(H,27,28,32);1H,(H,2,3). The summed E-state index contributed by atoms with van der Waals surface area (Å²) in [5.74, 6) is 1.41. The second-order valence-electron chi connectivity index (χ2n) is 9.58. The highest BCUT2D eigenvalue weighted by Gasteiger charge is 2.35. The van der Waals surface area contributed by atoms with Crippen molar-refractivity contribution in [2.24, 2.45) is 5.73 Å². The van der Waals surface area contributed by atoms with Gasteiger partial charge in [0, 0.05) is 24.7 Å². The van der Waals surface area contributed by atoms with Crippen LogP contribution >= 0.6 is 11.6 Å². The summed E-state index contributed by atoms with van der Waals surface area (Å²) in [6.07, 6.45) is 1.59. The number of fused-ring (bicyclic) bond motifs is 2. The van der Waals surface area contributed by atoms with Crippen molar-refractivity contribution in [2.75, 3.05) is 43.6 Å². The Kier molecular flexibility index (Phi) is 9.04. The lowest BCUT2D eigenvalue weighted by molar-refractivity contribution is -0.123. The minimum absolute atomic E-state index is 0.0489. The third kappa shape index (κ3) is 6.85. The van der Waals surface area contributed by atoms with Gasteiger partial charge in [0.15, 0.2) is 18.2 Å². The van der Waals surface area contributed by atoms with Crippen LogP contribution in [0.1, 0.15) is 24.5 Å². The Bertz CT molecular complexity index is 1230. The Hall–Kier alpha value is -3.68. The van der Waals surface area contributed by atoms with E-state index in [4.69, 9.17) is 41.4 Å². The number of halogens is 1. The molecule has 39 heavy (non-hydrogen) atoms. The highest BCUT2D eigenvalue weighted by Crippen LogP contribution is 2.33. The van der Waals surface area contributed by atoms with Crippen molar-refractivity contribution in [1.82, 2.24) is 14.9 Å². The van der Waals surface area contributed by atoms with Gasteiger partial charge in [-0.3, -0.25) is 14.5 Å². The zero-order valence-corrected chi connectivity index (χ0v) is 22.4. The van der Waals surface area contributed by atoms with Gasteiger partial charge in [-0.1, -0.05) is 11.6 Å². The molecule has 2 aromatic rings. The topological polar surface area (TPSA) is 169 Å². The third-order valence-corrected chi connectivity index (χ3v) is 6.88. The van der Waals surface area contributed by atoms with E-state index in [-0.39, 0.29) is 37.2 Å². The molecule has 0 bridgehead atoms. The van der Waals surface area contributed by atoms with Gasteiger partial charge in [-0.2, -0.15) is 0 Å². The molecule has 1 saturated heterocycles. The molecule has 13 nitrogen and oxygen atoms in total. The number of aromatic nitrogens is 2. The fourth-order valence-corrected chi connectivity index (χ4v) is 4.90. The second kappa shape index (κ2) is 12.5. The van der Waals surface area contributed by atoms with Gasteiger partial charge in [0.05, 0.1) is 6.54 Å². The van der Waals surface area contributed by atoms with Gasteiger partial charge in [-0.05, 0) is 56.5 Å². The van der Waals surface area contributed by atoms with Crippen LogP contribution in [0.15, 0.2) is 18.2 Å². The predicted molar refractivity (Wildman–Crippen MR) is 142 cm³/mol. The highest BCUT2D eigenvalue weighted by atomic mass is 35.5. The van der Waals surface area contributed by atoms with E-state index in [1.807, 2.05) is 13.0 Å². The van der Waals surface area contributed by atoms with Crippen molar-refractivity contribution < 1.29 is 33.7 Å². The molecule has 1 aliphatic carbocycles. The number of anilines is 2. The summed E-state index contributed by atoms with van der Waals surface area (Å²) in [7, 11) is 2.06. The number of ether oxygens (including phenoxy) is 3. The molecule has 0 spiro atoms. The molecule has 0 radical (unpaired) electrons. The van der Waals surface area contributed by atoms with Gasteiger partial charge in [-0.15, -0.1) is 0 Å². The summed E-state index contributed by atoms with van der Waals surface area (Å²) in [6, 6.07) is 5.51. The first-order valence-electron chi connectivity index (χ1n) is 12.4. The van der Waals surface area contributed by atoms with E-state index < -0.39 is 6.09 Å². The Balaban J connectivity index is 0.00000112. The van der Waals surface area contributed by atoms with Crippen molar-refractivity contribution in [1.29, 1.82) is 0 Å². The third-order valence-electron chi connectivity index (χ3n) is 6.57. The monoisotopic (exact) mass is 562 g/mol. The normalized spacial score (nSPS) is 20.2. The van der Waals surface area contributed by atoms with Crippen molar-refractivity contribution >= 4 is 41.7 Å². The lowest BCUT2D eigenvalue weighted by Gasteiger charge is -2.25. The first-order valence-corrected chi connectivity index (χ1v) is 12.8. The molecular weight excluding hydrogens is 532 g/mol. The van der Waals surface area contributed by atoms with E-state index in [2.05, 4.69) is 27.2 Å². The van der Waals surface area contributed by atoms with Crippen LogP contribution in [0.4, 0.5) is 16.4 Å². The Morgan fingerprint density at radius 2 is 2.13 bits per heavy atom. The summed E-state index contributed by atoms with van der Waals surface area (Å²) in [4.78, 5) is 44.9. The molecule has 3 atom stereocenters. The van der Waals surface area contributed by atoms with Crippen LogP contribution in [0, 0.1) is 0 Å². The van der Waals surface area contributed by atoms with Crippen LogP contribution in [0.25, 0.3) is 0 Å². The van der Waals surface area contributed by atoms with Crippen LogP contribution < -0.4 is 25.4 Å². The van der Waals surface area contributed by atoms with E-state index in [1.54, 1.807) is 12.1 Å². The van der Waals surface area contributed by atoms with Gasteiger partial charge in [-0.25, -0.2) is 14.8 Å². The first kappa shape index (κ1) is 28.3. The molecule has 3 aliphatic rings. The Morgan fingerprint density at radius 1 is 1.36 bits per heavy atom. The minimum Gasteiger partial charge on any atom is -0.483 e. The maximum atomic E-state index is 12.5. The number of pyridine rings is 2. The molecule has 4 N–H and O–H groups in total. The number of cyclic esters (lactones) is 1. The maximum Gasteiger partial charge on any atom is 0.415 e. The summed E-state index contributed by atoms with van der Waals surface area (Å²) < 4.78 is 16.6. The van der Waals surface area contributed by atoms with Crippen LogP contribution in [0.5, 0.6) is 11.6 Å². The molecule has 2 aromatic heterocycles. The number of likely N-dealkylation sites (N-methyl/N-ethyl adjacent to an activating group) is 1. The average molecular weight is 563 g/mol. The van der Waals surface area contributed by atoms with Gasteiger partial charge in [0.2, 0.25) is 5.88 Å². The lowest BCUT2D eigenvalue weighted by atomic mass is 10.1. The number of nitrogens with two attached hydrogens (primary N) is 1. The van der Waals surface area contributed by atoms with Crippen LogP contribution in [0.2, 0.25) is 5.15 Å². The average Bonchev–Trinajstić information content (AvgIpc) is 3.50. The number of nitrogens with one attached hydrogen (secondary N) is 1. The number of amides is 2. The van der Waals surface area contributed by atoms with Gasteiger partial charge in [0.25, 0.3) is 12.4 Å². The molecule has 14 heteroatoms. The van der Waals surface area contributed by atoms with Crippen LogP contribution in [-0.4, -0.2) is 90.0 Å². The fourth-order valence-electron chi connectivity index (χ4n) is 4.62. The van der Waals surface area contributed by atoms with E-state index >= 15 is 0 Å². The summed E-state index contributed by atoms with van der Waals surface area (Å²) >= 11 is 6.44. The van der Waals surface area contributed by atoms with E-state index in [0.717, 1.165) is 30.5 Å². The zero-order valence-electron chi connectivity index (χ0n) is 21.6. The van der Waals surface area contributed by atoms with E-state index in [9.17, 15) is 9.59 Å². The summed E-state index contributed by atoms with van der Waals surface area (Å²) in [6.45, 7) is 3.08. The van der Waals surface area contributed by atoms with Crippen LogP contribution in [-0.2, 0) is 27.2 Å². The van der Waals surface area contributed by atoms with Crippen molar-refractivity contribution in [3.05, 3.63) is 34.5 Å². The van der Waals surface area contributed by atoms with Crippen molar-refractivity contribution in [3.63, 3.8) is 0 Å². The lowest BCUT2D eigenvalue weighted by Crippen LogP contribution is -2.35. The van der Waals surface area contributed by atoms with Crippen LogP contribution in [0.3, 0.4) is 0 Å². The Labute approximate surface area is 230 Å². The highest BCUT2D eigenvalue weighted by molar-refractivity contribution is 6.30. The number of carbonyl (C=O) groups is 3. The van der Waals surface area contributed by atoms with E-state index in [1.165, 1.54) is 4.90 Å². The zero-order chi connectivity index (χ0) is 28.1. The minimum atomic E-state index is -0.455. The molecule has 4 heterocycles. The molecule has 0 aromatic carbocycles. The molecule has 0 saturated carbocycles. The quantitative estimate of drug-likeness (QED) is 0.316. The maximum absolute atomic E-state index is 12.5. The number of rotatable bonds is 8. The number of carbonyl (C=O) groups excluding carboxylic acids is 2. The predicted octanol–water partition coefficient (Wildman–Crippen LogP) is 1.70. The fraction of sp³-hybridized carbons (Fsp3) is 0.480.